The molecule has 0 aliphatic rings. The molecule has 0 aromatic heterocycles. The fourth-order valence-electron chi connectivity index (χ4n) is 2.41. The zero-order valence-corrected chi connectivity index (χ0v) is 15.3. The summed E-state index contributed by atoms with van der Waals surface area (Å²) in [7, 11) is 0. The van der Waals surface area contributed by atoms with E-state index in [1.54, 1.807) is 6.07 Å². The van der Waals surface area contributed by atoms with Crippen molar-refractivity contribution < 1.29 is 5.11 Å². The molecule has 0 bridgehead atoms. The van der Waals surface area contributed by atoms with Crippen molar-refractivity contribution in [2.24, 2.45) is 0 Å². The van der Waals surface area contributed by atoms with E-state index in [2.05, 4.69) is 63.2 Å². The van der Waals surface area contributed by atoms with E-state index in [9.17, 15) is 5.11 Å². The molecule has 2 N–H and O–H groups in total. The Kier molecular flexibility index (Phi) is 5.85. The second-order valence-corrected chi connectivity index (χ2v) is 6.94. The monoisotopic (exact) mass is 411 g/mol. The van der Waals surface area contributed by atoms with Crippen LogP contribution in [0, 0.1) is 0 Å². The quantitative estimate of drug-likeness (QED) is 0.658. The van der Waals surface area contributed by atoms with Crippen LogP contribution in [0.2, 0.25) is 0 Å². The molecule has 0 radical (unpaired) electrons. The van der Waals surface area contributed by atoms with Gasteiger partial charge in [-0.1, -0.05) is 50.9 Å². The Morgan fingerprint density at radius 2 is 1.81 bits per heavy atom. The molecule has 112 valence electrons. The predicted octanol–water partition coefficient (Wildman–Crippen LogP) is 5.72. The van der Waals surface area contributed by atoms with Crippen molar-refractivity contribution in [1.82, 2.24) is 5.32 Å². The van der Waals surface area contributed by atoms with Crippen LogP contribution < -0.4 is 5.32 Å². The first kappa shape index (κ1) is 16.5. The molecule has 2 aromatic carbocycles. The van der Waals surface area contributed by atoms with E-state index >= 15 is 0 Å². The Morgan fingerprint density at radius 3 is 2.48 bits per heavy atom. The lowest BCUT2D eigenvalue weighted by atomic mass is 10.0. The molecule has 0 fully saturated rings. The third-order valence-electron chi connectivity index (χ3n) is 3.57. The van der Waals surface area contributed by atoms with Crippen LogP contribution in [0.3, 0.4) is 0 Å². The van der Waals surface area contributed by atoms with Crippen LogP contribution in [-0.2, 0) is 0 Å². The van der Waals surface area contributed by atoms with Gasteiger partial charge in [-0.05, 0) is 49.2 Å². The van der Waals surface area contributed by atoms with E-state index in [4.69, 9.17) is 0 Å². The summed E-state index contributed by atoms with van der Waals surface area (Å²) in [6.45, 7) is 4.26. The molecule has 0 amide bonds. The summed E-state index contributed by atoms with van der Waals surface area (Å²) >= 11 is 6.98. The van der Waals surface area contributed by atoms with Crippen LogP contribution in [-0.4, -0.2) is 5.11 Å². The second kappa shape index (κ2) is 7.43. The minimum Gasteiger partial charge on any atom is -0.508 e. The third kappa shape index (κ3) is 4.31. The molecule has 0 saturated heterocycles. The van der Waals surface area contributed by atoms with Gasteiger partial charge in [0.15, 0.2) is 0 Å². The molecule has 2 atom stereocenters. The Morgan fingerprint density at radius 1 is 1.10 bits per heavy atom. The van der Waals surface area contributed by atoms with E-state index in [0.717, 1.165) is 20.9 Å². The fraction of sp³-hybridized carbons (Fsp3) is 0.294. The maximum Gasteiger partial charge on any atom is 0.120 e. The van der Waals surface area contributed by atoms with Gasteiger partial charge in [-0.25, -0.2) is 0 Å². The maximum absolute atomic E-state index is 10.1. The lowest BCUT2D eigenvalue weighted by molar-refractivity contribution is 0.419. The molecule has 2 rings (SSSR count). The highest BCUT2D eigenvalue weighted by Gasteiger charge is 2.17. The number of nitrogens with one attached hydrogen (secondary N) is 1. The van der Waals surface area contributed by atoms with Gasteiger partial charge in [0.1, 0.15) is 5.75 Å². The van der Waals surface area contributed by atoms with Gasteiger partial charge in [-0.15, -0.1) is 0 Å². The summed E-state index contributed by atoms with van der Waals surface area (Å²) in [6.07, 6.45) is 0.905. The number of phenolic OH excluding ortho intramolecular Hbond substituents is 1. The largest absolute Gasteiger partial charge is 0.508 e. The molecule has 21 heavy (non-hydrogen) atoms. The number of rotatable bonds is 5. The number of benzene rings is 2. The van der Waals surface area contributed by atoms with Crippen molar-refractivity contribution in [3.05, 3.63) is 62.5 Å². The topological polar surface area (TPSA) is 32.3 Å². The lowest BCUT2D eigenvalue weighted by Crippen LogP contribution is -2.24. The van der Waals surface area contributed by atoms with Gasteiger partial charge in [0.05, 0.1) is 0 Å². The van der Waals surface area contributed by atoms with Gasteiger partial charge >= 0.3 is 0 Å². The van der Waals surface area contributed by atoms with Gasteiger partial charge < -0.3 is 10.4 Å². The van der Waals surface area contributed by atoms with Crippen molar-refractivity contribution in [2.75, 3.05) is 0 Å². The Balaban J connectivity index is 2.20. The van der Waals surface area contributed by atoms with E-state index < -0.39 is 0 Å². The van der Waals surface area contributed by atoms with Crippen molar-refractivity contribution >= 4 is 31.9 Å². The zero-order chi connectivity index (χ0) is 15.4. The lowest BCUT2D eigenvalue weighted by Gasteiger charge is -2.24. The van der Waals surface area contributed by atoms with E-state index in [-0.39, 0.29) is 12.1 Å². The van der Waals surface area contributed by atoms with Crippen LogP contribution in [0.1, 0.15) is 43.5 Å². The van der Waals surface area contributed by atoms with Crippen molar-refractivity contribution in [3.63, 3.8) is 0 Å². The molecular weight excluding hydrogens is 394 g/mol. The number of hydrogen-bond donors (Lipinski definition) is 2. The SMILES string of the molecule is CCC(NC(C)c1cccc(Br)c1)c1cc(Br)ccc1O. The smallest absolute Gasteiger partial charge is 0.120 e. The molecule has 0 saturated carbocycles. The second-order valence-electron chi connectivity index (χ2n) is 5.11. The highest BCUT2D eigenvalue weighted by molar-refractivity contribution is 9.10. The van der Waals surface area contributed by atoms with Crippen LogP contribution >= 0.6 is 31.9 Å². The van der Waals surface area contributed by atoms with Gasteiger partial charge in [0.2, 0.25) is 0 Å². The Hall–Kier alpha value is -0.840. The van der Waals surface area contributed by atoms with Gasteiger partial charge in [0.25, 0.3) is 0 Å². The normalized spacial score (nSPS) is 13.9. The molecule has 2 aromatic rings. The van der Waals surface area contributed by atoms with Crippen LogP contribution in [0.5, 0.6) is 5.75 Å². The Bertz CT molecular complexity index is 615. The molecule has 0 aliphatic carbocycles. The molecule has 0 spiro atoms. The van der Waals surface area contributed by atoms with Gasteiger partial charge in [0, 0.05) is 26.6 Å². The summed E-state index contributed by atoms with van der Waals surface area (Å²) in [5.41, 5.74) is 2.14. The maximum atomic E-state index is 10.1. The van der Waals surface area contributed by atoms with Crippen LogP contribution in [0.25, 0.3) is 0 Å². The number of hydrogen-bond acceptors (Lipinski definition) is 2. The van der Waals surface area contributed by atoms with Crippen molar-refractivity contribution in [1.29, 1.82) is 0 Å². The van der Waals surface area contributed by atoms with E-state index in [1.807, 2.05) is 24.3 Å². The molecule has 4 heteroatoms. The first-order chi connectivity index (χ1) is 10.0. The van der Waals surface area contributed by atoms with Gasteiger partial charge in [-0.2, -0.15) is 0 Å². The van der Waals surface area contributed by atoms with Gasteiger partial charge in [-0.3, -0.25) is 0 Å². The molecule has 2 unspecified atom stereocenters. The Labute approximate surface area is 142 Å². The fourth-order valence-corrected chi connectivity index (χ4v) is 3.20. The summed E-state index contributed by atoms with van der Waals surface area (Å²) in [5, 5.41) is 13.7. The number of halogens is 2. The van der Waals surface area contributed by atoms with E-state index in [1.165, 1.54) is 5.56 Å². The average molecular weight is 413 g/mol. The molecule has 0 heterocycles. The van der Waals surface area contributed by atoms with Crippen LogP contribution in [0.4, 0.5) is 0 Å². The molecule has 0 aliphatic heterocycles. The van der Waals surface area contributed by atoms with Crippen molar-refractivity contribution in [3.8, 4) is 5.75 Å². The summed E-state index contributed by atoms with van der Waals surface area (Å²) < 4.78 is 2.05. The van der Waals surface area contributed by atoms with Crippen LogP contribution in [0.15, 0.2) is 51.4 Å². The van der Waals surface area contributed by atoms with Crippen molar-refractivity contribution in [2.45, 2.75) is 32.4 Å². The highest BCUT2D eigenvalue weighted by atomic mass is 79.9. The molecular formula is C17H19Br2NO. The standard InChI is InChI=1S/C17H19Br2NO/c1-3-16(15-10-14(19)7-8-17(15)21)20-11(2)12-5-4-6-13(18)9-12/h4-11,16,20-21H,3H2,1-2H3. The number of aromatic hydroxyl groups is 1. The average Bonchev–Trinajstić information content (AvgIpc) is 2.47. The third-order valence-corrected chi connectivity index (χ3v) is 4.56. The summed E-state index contributed by atoms with van der Waals surface area (Å²) in [5.74, 6) is 0.332. The first-order valence-electron chi connectivity index (χ1n) is 7.01. The first-order valence-corrected chi connectivity index (χ1v) is 8.59. The minimum atomic E-state index is 0.108. The highest BCUT2D eigenvalue weighted by Crippen LogP contribution is 2.31. The predicted molar refractivity (Wildman–Crippen MR) is 94.5 cm³/mol. The zero-order valence-electron chi connectivity index (χ0n) is 12.1. The molecule has 2 nitrogen and oxygen atoms in total. The van der Waals surface area contributed by atoms with E-state index in [0.29, 0.717) is 5.75 Å². The summed E-state index contributed by atoms with van der Waals surface area (Å²) in [6, 6.07) is 14.1. The minimum absolute atomic E-state index is 0.108. The number of phenols is 1. The summed E-state index contributed by atoms with van der Waals surface area (Å²) in [4.78, 5) is 0.